The Morgan fingerprint density at radius 1 is 1.33 bits per heavy atom. The van der Waals surface area contributed by atoms with E-state index in [1.54, 1.807) is 22.9 Å². The molecule has 1 fully saturated rings. The van der Waals surface area contributed by atoms with Crippen molar-refractivity contribution < 1.29 is 4.79 Å². The van der Waals surface area contributed by atoms with E-state index < -0.39 is 0 Å². The Morgan fingerprint density at radius 3 is 2.95 bits per heavy atom. The van der Waals surface area contributed by atoms with Crippen LogP contribution < -0.4 is 5.56 Å². The molecule has 0 radical (unpaired) electrons. The van der Waals surface area contributed by atoms with Gasteiger partial charge in [-0.1, -0.05) is 0 Å². The van der Waals surface area contributed by atoms with E-state index in [1.165, 1.54) is 0 Å². The van der Waals surface area contributed by atoms with Crippen LogP contribution in [0.1, 0.15) is 19.3 Å². The topological polar surface area (TPSA) is 71.0 Å². The zero-order valence-electron chi connectivity index (χ0n) is 11.5. The Hall–Kier alpha value is -2.02. The molecule has 0 saturated carbocycles. The fourth-order valence-electron chi connectivity index (χ4n) is 2.65. The second kappa shape index (κ2) is 5.77. The van der Waals surface area contributed by atoms with Crippen molar-refractivity contribution in [3.63, 3.8) is 0 Å². The molecule has 3 rings (SSSR count). The summed E-state index contributed by atoms with van der Waals surface area (Å²) in [6, 6.07) is 3.46. The first-order chi connectivity index (χ1) is 10.2. The maximum Gasteiger partial charge on any atom is 0.263 e. The van der Waals surface area contributed by atoms with Crippen LogP contribution in [0.5, 0.6) is 0 Å². The van der Waals surface area contributed by atoms with Crippen molar-refractivity contribution in [2.24, 2.45) is 0 Å². The molecule has 0 spiro atoms. The van der Waals surface area contributed by atoms with E-state index in [0.717, 1.165) is 19.4 Å². The largest absolute Gasteiger partial charge is 0.343 e. The third kappa shape index (κ3) is 2.73. The number of pyridine rings is 1. The number of likely N-dealkylation sites (tertiary alicyclic amines) is 1. The standard InChI is InChI=1S/C14H16N4O2S/c19-11-5-2-7-17(11)8-3-9-18-13(20)10-4-1-6-15-12(10)16-14(18)21/h1,4,6H,2-3,5,7-9H2,(H,15,16,21). The van der Waals surface area contributed by atoms with E-state index >= 15 is 0 Å². The van der Waals surface area contributed by atoms with Crippen LogP contribution >= 0.6 is 12.2 Å². The summed E-state index contributed by atoms with van der Waals surface area (Å²) in [5, 5.41) is 0.531. The van der Waals surface area contributed by atoms with Crippen LogP contribution in [-0.4, -0.2) is 38.4 Å². The van der Waals surface area contributed by atoms with Gasteiger partial charge in [-0.3, -0.25) is 14.2 Å². The summed E-state index contributed by atoms with van der Waals surface area (Å²) >= 11 is 5.23. The SMILES string of the molecule is O=C1CCCN1CCCn1c(=S)[nH]c2ncccc2c1=O. The molecule has 3 heterocycles. The van der Waals surface area contributed by atoms with Gasteiger partial charge in [0.15, 0.2) is 4.77 Å². The molecule has 6 nitrogen and oxygen atoms in total. The molecular formula is C14H16N4O2S. The third-order valence-corrected chi connectivity index (χ3v) is 4.06. The van der Waals surface area contributed by atoms with Gasteiger partial charge in [0.25, 0.3) is 5.56 Å². The highest BCUT2D eigenvalue weighted by Gasteiger charge is 2.19. The molecule has 1 N–H and O–H groups in total. The minimum Gasteiger partial charge on any atom is -0.343 e. The van der Waals surface area contributed by atoms with Crippen molar-refractivity contribution >= 4 is 29.2 Å². The molecule has 1 saturated heterocycles. The van der Waals surface area contributed by atoms with Crippen molar-refractivity contribution in [1.29, 1.82) is 0 Å². The average Bonchev–Trinajstić information content (AvgIpc) is 2.88. The summed E-state index contributed by atoms with van der Waals surface area (Å²) < 4.78 is 1.92. The van der Waals surface area contributed by atoms with Gasteiger partial charge in [-0.05, 0) is 37.2 Å². The molecule has 0 atom stereocenters. The second-order valence-corrected chi connectivity index (χ2v) is 5.51. The molecular weight excluding hydrogens is 288 g/mol. The van der Waals surface area contributed by atoms with Gasteiger partial charge in [-0.25, -0.2) is 4.98 Å². The number of hydrogen-bond donors (Lipinski definition) is 1. The number of rotatable bonds is 4. The van der Waals surface area contributed by atoms with Gasteiger partial charge in [-0.2, -0.15) is 0 Å². The van der Waals surface area contributed by atoms with E-state index in [-0.39, 0.29) is 11.5 Å². The van der Waals surface area contributed by atoms with Crippen LogP contribution in [0.2, 0.25) is 0 Å². The van der Waals surface area contributed by atoms with Crippen LogP contribution in [-0.2, 0) is 11.3 Å². The molecule has 0 aromatic carbocycles. The Labute approximate surface area is 126 Å². The van der Waals surface area contributed by atoms with Crippen molar-refractivity contribution in [3.8, 4) is 0 Å². The minimum absolute atomic E-state index is 0.130. The molecule has 7 heteroatoms. The first kappa shape index (κ1) is 13.9. The van der Waals surface area contributed by atoms with Crippen LogP contribution in [0.4, 0.5) is 0 Å². The fourth-order valence-corrected chi connectivity index (χ4v) is 2.92. The van der Waals surface area contributed by atoms with Crippen LogP contribution in [0.3, 0.4) is 0 Å². The summed E-state index contributed by atoms with van der Waals surface area (Å²) in [6.07, 6.45) is 3.91. The third-order valence-electron chi connectivity index (χ3n) is 3.73. The van der Waals surface area contributed by atoms with Crippen molar-refractivity contribution in [2.45, 2.75) is 25.8 Å². The number of aromatic amines is 1. The number of hydrogen-bond acceptors (Lipinski definition) is 4. The van der Waals surface area contributed by atoms with Crippen LogP contribution in [0.15, 0.2) is 23.1 Å². The Morgan fingerprint density at radius 2 is 2.19 bits per heavy atom. The molecule has 1 amide bonds. The lowest BCUT2D eigenvalue weighted by atomic mass is 10.3. The first-order valence-corrected chi connectivity index (χ1v) is 7.43. The molecule has 0 bridgehead atoms. The minimum atomic E-state index is -0.130. The second-order valence-electron chi connectivity index (χ2n) is 5.12. The summed E-state index contributed by atoms with van der Waals surface area (Å²) in [7, 11) is 0. The zero-order chi connectivity index (χ0) is 14.8. The van der Waals surface area contributed by atoms with E-state index in [4.69, 9.17) is 12.2 Å². The monoisotopic (exact) mass is 304 g/mol. The van der Waals surface area contributed by atoms with Gasteiger partial charge >= 0.3 is 0 Å². The Kier molecular flexibility index (Phi) is 3.83. The smallest absolute Gasteiger partial charge is 0.263 e. The molecule has 1 aliphatic heterocycles. The van der Waals surface area contributed by atoms with Crippen molar-refractivity contribution in [3.05, 3.63) is 33.5 Å². The number of fused-ring (bicyclic) bond motifs is 1. The summed E-state index contributed by atoms with van der Waals surface area (Å²) in [4.78, 5) is 32.9. The molecule has 0 aliphatic carbocycles. The van der Waals surface area contributed by atoms with Crippen molar-refractivity contribution in [2.75, 3.05) is 13.1 Å². The number of nitrogens with one attached hydrogen (secondary N) is 1. The highest BCUT2D eigenvalue weighted by molar-refractivity contribution is 7.71. The maximum atomic E-state index is 12.4. The lowest BCUT2D eigenvalue weighted by molar-refractivity contribution is -0.127. The maximum absolute atomic E-state index is 12.4. The molecule has 21 heavy (non-hydrogen) atoms. The summed E-state index contributed by atoms with van der Waals surface area (Å²) in [6.45, 7) is 2.00. The molecule has 0 unspecified atom stereocenters. The highest BCUT2D eigenvalue weighted by Crippen LogP contribution is 2.10. The van der Waals surface area contributed by atoms with E-state index in [9.17, 15) is 9.59 Å². The normalized spacial score (nSPS) is 15.0. The van der Waals surface area contributed by atoms with Gasteiger partial charge in [0, 0.05) is 32.3 Å². The lowest BCUT2D eigenvalue weighted by Gasteiger charge is -2.15. The molecule has 1 aliphatic rings. The number of carbonyl (C=O) groups excluding carboxylic acids is 1. The van der Waals surface area contributed by atoms with Crippen LogP contribution in [0, 0.1) is 4.77 Å². The van der Waals surface area contributed by atoms with E-state index in [0.29, 0.717) is 35.3 Å². The van der Waals surface area contributed by atoms with Gasteiger partial charge in [0.05, 0.1) is 5.39 Å². The number of nitrogens with zero attached hydrogens (tertiary/aromatic N) is 3. The van der Waals surface area contributed by atoms with Gasteiger partial charge in [0.2, 0.25) is 5.91 Å². The van der Waals surface area contributed by atoms with E-state index in [2.05, 4.69) is 9.97 Å². The predicted molar refractivity (Wildman–Crippen MR) is 81.6 cm³/mol. The lowest BCUT2D eigenvalue weighted by Crippen LogP contribution is -2.28. The fraction of sp³-hybridized carbons (Fsp3) is 0.429. The van der Waals surface area contributed by atoms with Gasteiger partial charge < -0.3 is 9.88 Å². The Balaban J connectivity index is 1.79. The zero-order valence-corrected chi connectivity index (χ0v) is 12.4. The van der Waals surface area contributed by atoms with Gasteiger partial charge in [0.1, 0.15) is 5.65 Å². The number of H-pyrrole nitrogens is 1. The average molecular weight is 304 g/mol. The van der Waals surface area contributed by atoms with Crippen molar-refractivity contribution in [1.82, 2.24) is 19.4 Å². The predicted octanol–water partition coefficient (Wildman–Crippen LogP) is 1.47. The van der Waals surface area contributed by atoms with Crippen LogP contribution in [0.25, 0.3) is 11.0 Å². The highest BCUT2D eigenvalue weighted by atomic mass is 32.1. The molecule has 2 aromatic heterocycles. The first-order valence-electron chi connectivity index (χ1n) is 7.02. The van der Waals surface area contributed by atoms with E-state index in [1.807, 2.05) is 4.90 Å². The number of amides is 1. The number of aromatic nitrogens is 3. The quantitative estimate of drug-likeness (QED) is 0.868. The molecule has 2 aromatic rings. The molecule has 110 valence electrons. The summed E-state index contributed by atoms with van der Waals surface area (Å²) in [5.41, 5.74) is 0.382. The number of carbonyl (C=O) groups is 1. The Bertz CT molecular complexity index is 795. The summed E-state index contributed by atoms with van der Waals surface area (Å²) in [5.74, 6) is 0.204. The van der Waals surface area contributed by atoms with Gasteiger partial charge in [-0.15, -0.1) is 0 Å².